The van der Waals surface area contributed by atoms with Crippen LogP contribution in [0.25, 0.3) is 0 Å². The van der Waals surface area contributed by atoms with Gasteiger partial charge in [-0.05, 0) is 49.3 Å². The molecule has 0 unspecified atom stereocenters. The monoisotopic (exact) mass is 367 g/mol. The van der Waals surface area contributed by atoms with Crippen LogP contribution in [-0.2, 0) is 0 Å². The van der Waals surface area contributed by atoms with Crippen molar-refractivity contribution in [1.82, 2.24) is 0 Å². The SMILES string of the molecule is N[C@@]1(CO)CC[C@@H](c2ccc(OCCCC(F)(F)C(F)(F)F)cc2)C1. The summed E-state index contributed by atoms with van der Waals surface area (Å²) in [4.78, 5) is 0. The van der Waals surface area contributed by atoms with Crippen LogP contribution in [0.5, 0.6) is 5.75 Å². The van der Waals surface area contributed by atoms with E-state index in [9.17, 15) is 27.1 Å². The summed E-state index contributed by atoms with van der Waals surface area (Å²) in [5.41, 5.74) is 6.53. The van der Waals surface area contributed by atoms with Gasteiger partial charge in [0.1, 0.15) is 5.75 Å². The second kappa shape index (κ2) is 7.45. The molecule has 1 aliphatic rings. The number of benzene rings is 1. The van der Waals surface area contributed by atoms with Gasteiger partial charge in [0.25, 0.3) is 0 Å². The van der Waals surface area contributed by atoms with Gasteiger partial charge in [0.2, 0.25) is 0 Å². The number of halogens is 5. The van der Waals surface area contributed by atoms with Crippen molar-refractivity contribution in [2.45, 2.75) is 55.7 Å². The highest BCUT2D eigenvalue weighted by Crippen LogP contribution is 2.40. The maximum absolute atomic E-state index is 12.8. The normalized spacial score (nSPS) is 24.5. The Hall–Kier alpha value is -1.41. The summed E-state index contributed by atoms with van der Waals surface area (Å²) in [6.45, 7) is -0.280. The quantitative estimate of drug-likeness (QED) is 0.566. The average molecular weight is 367 g/mol. The Kier molecular flexibility index (Phi) is 5.93. The molecule has 1 aliphatic carbocycles. The third-order valence-corrected chi connectivity index (χ3v) is 4.63. The van der Waals surface area contributed by atoms with E-state index in [4.69, 9.17) is 10.5 Å². The van der Waals surface area contributed by atoms with Crippen LogP contribution in [0.2, 0.25) is 0 Å². The van der Waals surface area contributed by atoms with Crippen LogP contribution >= 0.6 is 0 Å². The number of rotatable bonds is 7. The van der Waals surface area contributed by atoms with Crippen LogP contribution in [0.3, 0.4) is 0 Å². The molecular formula is C17H22F5NO2. The molecule has 1 aromatic rings. The van der Waals surface area contributed by atoms with Gasteiger partial charge in [-0.15, -0.1) is 0 Å². The van der Waals surface area contributed by atoms with Crippen molar-refractivity contribution in [2.75, 3.05) is 13.2 Å². The molecule has 0 saturated heterocycles. The molecule has 0 bridgehead atoms. The second-order valence-electron chi connectivity index (χ2n) is 6.68. The Balaban J connectivity index is 1.80. The van der Waals surface area contributed by atoms with Gasteiger partial charge < -0.3 is 15.6 Å². The molecule has 0 heterocycles. The summed E-state index contributed by atoms with van der Waals surface area (Å²) >= 11 is 0. The number of alkyl halides is 5. The minimum Gasteiger partial charge on any atom is -0.494 e. The average Bonchev–Trinajstić information content (AvgIpc) is 2.94. The maximum atomic E-state index is 12.8. The Labute approximate surface area is 143 Å². The number of ether oxygens (including phenoxy) is 1. The number of hydrogen-bond acceptors (Lipinski definition) is 3. The molecule has 2 atom stereocenters. The highest BCUT2D eigenvalue weighted by atomic mass is 19.4. The van der Waals surface area contributed by atoms with Gasteiger partial charge in [-0.3, -0.25) is 0 Å². The van der Waals surface area contributed by atoms with Crippen LogP contribution in [0, 0.1) is 0 Å². The topological polar surface area (TPSA) is 55.5 Å². The molecule has 0 aromatic heterocycles. The van der Waals surface area contributed by atoms with Gasteiger partial charge in [-0.2, -0.15) is 22.0 Å². The van der Waals surface area contributed by atoms with Crippen molar-refractivity contribution in [3.8, 4) is 5.75 Å². The lowest BCUT2D eigenvalue weighted by molar-refractivity contribution is -0.284. The standard InChI is InChI=1S/C17H22F5NO2/c18-16(19,17(20,21)22)7-1-9-25-14-4-2-12(3-5-14)13-6-8-15(23,10-13)11-24/h2-5,13,24H,1,6-11,23H2/t13-,15+/m1/s1. The molecule has 1 saturated carbocycles. The van der Waals surface area contributed by atoms with Crippen LogP contribution in [-0.4, -0.2) is 36.0 Å². The van der Waals surface area contributed by atoms with Crippen molar-refractivity contribution < 1.29 is 31.8 Å². The lowest BCUT2D eigenvalue weighted by Gasteiger charge is -2.21. The fourth-order valence-electron chi connectivity index (χ4n) is 3.05. The largest absolute Gasteiger partial charge is 0.494 e. The van der Waals surface area contributed by atoms with Crippen molar-refractivity contribution in [3.63, 3.8) is 0 Å². The first-order valence-corrected chi connectivity index (χ1v) is 8.13. The van der Waals surface area contributed by atoms with E-state index in [-0.39, 0.29) is 19.1 Å². The van der Waals surface area contributed by atoms with Crippen molar-refractivity contribution in [3.05, 3.63) is 29.8 Å². The van der Waals surface area contributed by atoms with Crippen molar-refractivity contribution >= 4 is 0 Å². The van der Waals surface area contributed by atoms with E-state index < -0.39 is 30.5 Å². The minimum absolute atomic E-state index is 0.0622. The Morgan fingerprint density at radius 1 is 1.16 bits per heavy atom. The molecule has 8 heteroatoms. The Morgan fingerprint density at radius 3 is 2.32 bits per heavy atom. The highest BCUT2D eigenvalue weighted by Gasteiger charge is 2.56. The molecule has 25 heavy (non-hydrogen) atoms. The first kappa shape index (κ1) is 19.9. The summed E-state index contributed by atoms with van der Waals surface area (Å²) < 4.78 is 66.9. The van der Waals surface area contributed by atoms with Gasteiger partial charge >= 0.3 is 12.1 Å². The van der Waals surface area contributed by atoms with Crippen LogP contribution in [0.1, 0.15) is 43.6 Å². The lowest BCUT2D eigenvalue weighted by atomic mass is 9.94. The van der Waals surface area contributed by atoms with E-state index in [1.165, 1.54) is 0 Å². The number of aliphatic hydroxyl groups is 1. The fraction of sp³-hybridized carbons (Fsp3) is 0.647. The van der Waals surface area contributed by atoms with Crippen LogP contribution < -0.4 is 10.5 Å². The molecule has 142 valence electrons. The molecular weight excluding hydrogens is 345 g/mol. The van der Waals surface area contributed by atoms with Gasteiger partial charge in [-0.1, -0.05) is 12.1 Å². The summed E-state index contributed by atoms with van der Waals surface area (Å²) in [5.74, 6) is -4.04. The Bertz CT molecular complexity index is 561. The Morgan fingerprint density at radius 2 is 1.80 bits per heavy atom. The molecule has 3 N–H and O–H groups in total. The van der Waals surface area contributed by atoms with E-state index in [1.54, 1.807) is 12.1 Å². The van der Waals surface area contributed by atoms with Crippen LogP contribution in [0.15, 0.2) is 24.3 Å². The third kappa shape index (κ3) is 5.04. The summed E-state index contributed by atoms with van der Waals surface area (Å²) in [6.07, 6.45) is -4.94. The first-order chi connectivity index (χ1) is 11.6. The molecule has 0 amide bonds. The summed E-state index contributed by atoms with van der Waals surface area (Å²) in [5, 5.41) is 9.29. The molecule has 0 spiro atoms. The van der Waals surface area contributed by atoms with Crippen molar-refractivity contribution in [1.29, 1.82) is 0 Å². The number of hydrogen-bond donors (Lipinski definition) is 2. The molecule has 1 aromatic carbocycles. The third-order valence-electron chi connectivity index (χ3n) is 4.63. The van der Waals surface area contributed by atoms with Gasteiger partial charge in [-0.25, -0.2) is 0 Å². The zero-order valence-electron chi connectivity index (χ0n) is 13.7. The van der Waals surface area contributed by atoms with Gasteiger partial charge in [0.15, 0.2) is 0 Å². The fourth-order valence-corrected chi connectivity index (χ4v) is 3.05. The van der Waals surface area contributed by atoms with Crippen molar-refractivity contribution in [2.24, 2.45) is 5.73 Å². The van der Waals surface area contributed by atoms with E-state index in [2.05, 4.69) is 0 Å². The van der Waals surface area contributed by atoms with E-state index in [1.807, 2.05) is 12.1 Å². The summed E-state index contributed by atoms with van der Waals surface area (Å²) in [7, 11) is 0. The second-order valence-corrected chi connectivity index (χ2v) is 6.68. The number of aliphatic hydroxyl groups excluding tert-OH is 1. The molecule has 0 aliphatic heterocycles. The first-order valence-electron chi connectivity index (χ1n) is 8.13. The lowest BCUT2D eigenvalue weighted by Crippen LogP contribution is -2.40. The van der Waals surface area contributed by atoms with Gasteiger partial charge in [0, 0.05) is 12.0 Å². The zero-order chi connectivity index (χ0) is 18.7. The van der Waals surface area contributed by atoms with E-state index in [0.717, 1.165) is 18.4 Å². The summed E-state index contributed by atoms with van der Waals surface area (Å²) in [6, 6.07) is 6.97. The predicted octanol–water partition coefficient (Wildman–Crippen LogP) is 4.00. The maximum Gasteiger partial charge on any atom is 0.453 e. The van der Waals surface area contributed by atoms with Crippen LogP contribution in [0.4, 0.5) is 22.0 Å². The van der Waals surface area contributed by atoms with E-state index >= 15 is 0 Å². The minimum atomic E-state index is -5.53. The molecule has 2 rings (SSSR count). The molecule has 3 nitrogen and oxygen atoms in total. The van der Waals surface area contributed by atoms with E-state index in [0.29, 0.717) is 12.2 Å². The highest BCUT2D eigenvalue weighted by molar-refractivity contribution is 5.30. The molecule has 0 radical (unpaired) electrons. The van der Waals surface area contributed by atoms with Gasteiger partial charge in [0.05, 0.1) is 13.2 Å². The molecule has 1 fully saturated rings. The smallest absolute Gasteiger partial charge is 0.453 e. The zero-order valence-corrected chi connectivity index (χ0v) is 13.7. The number of nitrogens with two attached hydrogens (primary N) is 1. The predicted molar refractivity (Wildman–Crippen MR) is 82.8 cm³/mol.